The minimum atomic E-state index is 0.0772. The summed E-state index contributed by atoms with van der Waals surface area (Å²) in [4.78, 5) is 14.5. The lowest BCUT2D eigenvalue weighted by atomic mass is 10.1. The predicted molar refractivity (Wildman–Crippen MR) is 71.9 cm³/mol. The van der Waals surface area contributed by atoms with E-state index in [1.54, 1.807) is 7.11 Å². The second kappa shape index (κ2) is 4.55. The quantitative estimate of drug-likeness (QED) is 0.903. The van der Waals surface area contributed by atoms with Crippen molar-refractivity contribution in [3.8, 4) is 5.75 Å². The molecule has 2 saturated heterocycles. The maximum absolute atomic E-state index is 12.5. The summed E-state index contributed by atoms with van der Waals surface area (Å²) in [5.74, 6) is 0.707. The van der Waals surface area contributed by atoms with Gasteiger partial charge in [-0.1, -0.05) is 15.9 Å². The molecule has 4 nitrogen and oxygen atoms in total. The Kier molecular flexibility index (Phi) is 3.03. The van der Waals surface area contributed by atoms with E-state index >= 15 is 0 Å². The number of halogens is 1. The highest BCUT2D eigenvalue weighted by Gasteiger charge is 2.40. The number of nitrogens with zero attached hydrogens (tertiary/aromatic N) is 1. The molecule has 2 fully saturated rings. The van der Waals surface area contributed by atoms with Gasteiger partial charge >= 0.3 is 0 Å². The molecule has 1 aromatic rings. The minimum Gasteiger partial charge on any atom is -0.496 e. The van der Waals surface area contributed by atoms with Crippen LogP contribution in [-0.2, 0) is 0 Å². The molecule has 2 aliphatic heterocycles. The van der Waals surface area contributed by atoms with Crippen LogP contribution in [0.3, 0.4) is 0 Å². The molecule has 2 bridgehead atoms. The van der Waals surface area contributed by atoms with Crippen molar-refractivity contribution < 1.29 is 9.53 Å². The molecular formula is C13H15BrN2O2. The number of nitrogens with one attached hydrogen (secondary N) is 1. The Morgan fingerprint density at radius 1 is 1.56 bits per heavy atom. The number of piperazine rings is 1. The number of hydrogen-bond acceptors (Lipinski definition) is 3. The van der Waals surface area contributed by atoms with E-state index in [1.807, 2.05) is 23.1 Å². The third-order valence-corrected chi connectivity index (χ3v) is 4.20. The highest BCUT2D eigenvalue weighted by atomic mass is 79.9. The molecule has 2 heterocycles. The van der Waals surface area contributed by atoms with Crippen LogP contribution in [0.1, 0.15) is 16.8 Å². The Labute approximate surface area is 114 Å². The first-order chi connectivity index (χ1) is 8.69. The molecule has 0 radical (unpaired) electrons. The number of hydrogen-bond donors (Lipinski definition) is 1. The van der Waals surface area contributed by atoms with E-state index in [9.17, 15) is 4.79 Å². The van der Waals surface area contributed by atoms with Crippen LogP contribution in [0.25, 0.3) is 0 Å². The number of carbonyl (C=O) groups is 1. The van der Waals surface area contributed by atoms with Crippen LogP contribution in [0.15, 0.2) is 22.7 Å². The number of carbonyl (C=O) groups excluding carboxylic acids is 1. The number of methoxy groups -OCH3 is 1. The summed E-state index contributed by atoms with van der Waals surface area (Å²) in [6, 6.07) is 6.35. The van der Waals surface area contributed by atoms with E-state index in [0.29, 0.717) is 23.4 Å². The molecule has 1 N–H and O–H groups in total. The van der Waals surface area contributed by atoms with E-state index < -0.39 is 0 Å². The van der Waals surface area contributed by atoms with Gasteiger partial charge in [0.2, 0.25) is 0 Å². The first-order valence-electron chi connectivity index (χ1n) is 6.07. The second-order valence-corrected chi connectivity index (χ2v) is 5.71. The molecule has 0 aromatic heterocycles. The number of ether oxygens (including phenoxy) is 1. The lowest BCUT2D eigenvalue weighted by molar-refractivity contribution is 0.0712. The van der Waals surface area contributed by atoms with E-state index in [-0.39, 0.29) is 5.91 Å². The molecule has 18 heavy (non-hydrogen) atoms. The number of amides is 1. The van der Waals surface area contributed by atoms with E-state index in [2.05, 4.69) is 21.2 Å². The van der Waals surface area contributed by atoms with Crippen LogP contribution < -0.4 is 10.1 Å². The number of benzene rings is 1. The first-order valence-corrected chi connectivity index (χ1v) is 6.86. The van der Waals surface area contributed by atoms with Crippen molar-refractivity contribution in [3.05, 3.63) is 28.2 Å². The Hall–Kier alpha value is -1.07. The fourth-order valence-electron chi connectivity index (χ4n) is 2.81. The number of rotatable bonds is 2. The van der Waals surface area contributed by atoms with Gasteiger partial charge in [-0.3, -0.25) is 4.79 Å². The van der Waals surface area contributed by atoms with Gasteiger partial charge in [-0.05, 0) is 24.6 Å². The van der Waals surface area contributed by atoms with Gasteiger partial charge in [-0.25, -0.2) is 0 Å². The largest absolute Gasteiger partial charge is 0.496 e. The van der Waals surface area contributed by atoms with Crippen molar-refractivity contribution in [2.24, 2.45) is 0 Å². The summed E-state index contributed by atoms with van der Waals surface area (Å²) >= 11 is 3.39. The van der Waals surface area contributed by atoms with Crippen LogP contribution in [0.5, 0.6) is 5.75 Å². The van der Waals surface area contributed by atoms with E-state index in [1.165, 1.54) is 0 Å². The standard InChI is InChI=1S/C13H15BrN2O2/c1-18-12-4-8(14)2-3-11(12)13(17)16-7-9-5-10(16)6-15-9/h2-4,9-10,15H,5-7H2,1H3/t9-,10-/m0/s1. The highest BCUT2D eigenvalue weighted by molar-refractivity contribution is 9.10. The second-order valence-electron chi connectivity index (χ2n) is 4.80. The van der Waals surface area contributed by atoms with Gasteiger partial charge in [0.05, 0.1) is 12.7 Å². The van der Waals surface area contributed by atoms with Gasteiger partial charge in [-0.2, -0.15) is 0 Å². The topological polar surface area (TPSA) is 41.6 Å². The smallest absolute Gasteiger partial charge is 0.257 e. The lowest BCUT2D eigenvalue weighted by Crippen LogP contribution is -2.46. The number of fused-ring (bicyclic) bond motifs is 2. The maximum Gasteiger partial charge on any atom is 0.257 e. The van der Waals surface area contributed by atoms with Gasteiger partial charge in [0, 0.05) is 29.6 Å². The van der Waals surface area contributed by atoms with Crippen LogP contribution in [0.2, 0.25) is 0 Å². The fraction of sp³-hybridized carbons (Fsp3) is 0.462. The van der Waals surface area contributed by atoms with Gasteiger partial charge < -0.3 is 15.0 Å². The zero-order chi connectivity index (χ0) is 12.7. The van der Waals surface area contributed by atoms with Gasteiger partial charge in [0.1, 0.15) is 5.75 Å². The molecule has 5 heteroatoms. The monoisotopic (exact) mass is 310 g/mol. The average molecular weight is 311 g/mol. The molecule has 3 rings (SSSR count). The molecular weight excluding hydrogens is 296 g/mol. The van der Waals surface area contributed by atoms with Crippen molar-refractivity contribution in [1.82, 2.24) is 10.2 Å². The van der Waals surface area contributed by atoms with Gasteiger partial charge in [0.25, 0.3) is 5.91 Å². The summed E-state index contributed by atoms with van der Waals surface area (Å²) in [5, 5.41) is 3.40. The van der Waals surface area contributed by atoms with Crippen LogP contribution in [-0.4, -0.2) is 43.1 Å². The summed E-state index contributed by atoms with van der Waals surface area (Å²) in [6.07, 6.45) is 1.07. The number of likely N-dealkylation sites (tertiary alicyclic amines) is 1. The highest BCUT2D eigenvalue weighted by Crippen LogP contribution is 2.29. The van der Waals surface area contributed by atoms with Crippen molar-refractivity contribution in [2.75, 3.05) is 20.2 Å². The summed E-state index contributed by atoms with van der Waals surface area (Å²) in [6.45, 7) is 1.72. The Bertz CT molecular complexity index is 492. The normalized spacial score (nSPS) is 25.6. The van der Waals surface area contributed by atoms with Gasteiger partial charge in [-0.15, -0.1) is 0 Å². The average Bonchev–Trinajstić information content (AvgIpc) is 3.00. The third-order valence-electron chi connectivity index (χ3n) is 3.71. The molecule has 2 atom stereocenters. The molecule has 96 valence electrons. The zero-order valence-corrected chi connectivity index (χ0v) is 11.7. The predicted octanol–water partition coefficient (Wildman–Crippen LogP) is 1.64. The first kappa shape index (κ1) is 12.0. The maximum atomic E-state index is 12.5. The molecule has 0 unspecified atom stereocenters. The van der Waals surface area contributed by atoms with E-state index in [0.717, 1.165) is 24.0 Å². The van der Waals surface area contributed by atoms with Crippen LogP contribution in [0, 0.1) is 0 Å². The Morgan fingerprint density at radius 3 is 3.00 bits per heavy atom. The minimum absolute atomic E-state index is 0.0772. The molecule has 0 saturated carbocycles. The van der Waals surface area contributed by atoms with E-state index in [4.69, 9.17) is 4.74 Å². The van der Waals surface area contributed by atoms with Crippen molar-refractivity contribution in [3.63, 3.8) is 0 Å². The summed E-state index contributed by atoms with van der Waals surface area (Å²) < 4.78 is 6.21. The van der Waals surface area contributed by atoms with Crippen molar-refractivity contribution in [1.29, 1.82) is 0 Å². The Balaban J connectivity index is 1.88. The lowest BCUT2D eigenvalue weighted by Gasteiger charge is -2.28. The Morgan fingerprint density at radius 2 is 2.39 bits per heavy atom. The van der Waals surface area contributed by atoms with Crippen LogP contribution in [0.4, 0.5) is 0 Å². The molecule has 0 aliphatic carbocycles. The molecule has 1 aromatic carbocycles. The molecule has 0 spiro atoms. The summed E-state index contributed by atoms with van der Waals surface area (Å²) in [5.41, 5.74) is 0.647. The summed E-state index contributed by atoms with van der Waals surface area (Å²) in [7, 11) is 1.59. The van der Waals surface area contributed by atoms with Crippen LogP contribution >= 0.6 is 15.9 Å². The molecule has 2 aliphatic rings. The van der Waals surface area contributed by atoms with Crippen molar-refractivity contribution >= 4 is 21.8 Å². The SMILES string of the molecule is COc1cc(Br)ccc1C(=O)N1C[C@@H]2C[C@H]1CN2. The van der Waals surface area contributed by atoms with Crippen molar-refractivity contribution in [2.45, 2.75) is 18.5 Å². The van der Waals surface area contributed by atoms with Gasteiger partial charge in [0.15, 0.2) is 0 Å². The third kappa shape index (κ3) is 1.91. The molecule has 1 amide bonds. The fourth-order valence-corrected chi connectivity index (χ4v) is 3.15. The zero-order valence-electron chi connectivity index (χ0n) is 10.1.